The van der Waals surface area contributed by atoms with Crippen molar-refractivity contribution >= 4 is 39.3 Å². The van der Waals surface area contributed by atoms with Crippen LogP contribution in [0.1, 0.15) is 38.6 Å². The van der Waals surface area contributed by atoms with Gasteiger partial charge >= 0.3 is 5.97 Å². The fourth-order valence-electron chi connectivity index (χ4n) is 2.12. The van der Waals surface area contributed by atoms with E-state index < -0.39 is 12.0 Å². The molecule has 1 unspecified atom stereocenters. The third kappa shape index (κ3) is 3.20. The van der Waals surface area contributed by atoms with Crippen LogP contribution in [0.3, 0.4) is 0 Å². The van der Waals surface area contributed by atoms with E-state index in [1.807, 2.05) is 19.2 Å². The number of fused-ring (bicyclic) bond motifs is 1. The molecule has 120 valence electrons. The summed E-state index contributed by atoms with van der Waals surface area (Å²) in [5.41, 5.74) is -0.182. The first kappa shape index (κ1) is 17.0. The van der Waals surface area contributed by atoms with Crippen molar-refractivity contribution in [1.82, 2.24) is 9.55 Å². The molecule has 0 aliphatic rings. The number of hydrogen-bond acceptors (Lipinski definition) is 6. The number of ether oxygens (including phenoxy) is 1. The fourth-order valence-corrected chi connectivity index (χ4v) is 3.76. The van der Waals surface area contributed by atoms with E-state index >= 15 is 0 Å². The number of hydrogen-bond donors (Lipinski definition) is 0. The lowest BCUT2D eigenvalue weighted by Gasteiger charge is -2.18. The molecule has 2 aromatic heterocycles. The van der Waals surface area contributed by atoms with Gasteiger partial charge in [-0.3, -0.25) is 9.36 Å². The van der Waals surface area contributed by atoms with Crippen LogP contribution in [0.25, 0.3) is 10.2 Å². The van der Waals surface area contributed by atoms with E-state index in [1.165, 1.54) is 27.7 Å². The lowest BCUT2D eigenvalue weighted by molar-refractivity contribution is -0.151. The Bertz CT molecular complexity index is 749. The minimum absolute atomic E-state index is 0.182. The quantitative estimate of drug-likeness (QED) is 0.475. The zero-order chi connectivity index (χ0) is 16.4. The van der Waals surface area contributed by atoms with Gasteiger partial charge in [0.15, 0.2) is 5.16 Å². The van der Waals surface area contributed by atoms with Crippen molar-refractivity contribution in [1.29, 1.82) is 0 Å². The number of rotatable bonds is 5. The Morgan fingerprint density at radius 2 is 2.14 bits per heavy atom. The maximum Gasteiger partial charge on any atom is 0.329 e. The van der Waals surface area contributed by atoms with Gasteiger partial charge in [0.2, 0.25) is 0 Å². The van der Waals surface area contributed by atoms with E-state index in [4.69, 9.17) is 4.74 Å². The second-order valence-corrected chi connectivity index (χ2v) is 7.11. The summed E-state index contributed by atoms with van der Waals surface area (Å²) in [6.45, 7) is 7.29. The van der Waals surface area contributed by atoms with Gasteiger partial charge in [0.05, 0.1) is 11.5 Å². The molecule has 0 saturated heterocycles. The minimum atomic E-state index is -0.695. The summed E-state index contributed by atoms with van der Waals surface area (Å²) < 4.78 is 6.66. The first-order valence-corrected chi connectivity index (χ1v) is 9.22. The molecule has 0 N–H and O–H groups in total. The zero-order valence-electron chi connectivity index (χ0n) is 13.4. The Kier molecular flexibility index (Phi) is 5.28. The molecule has 0 fully saturated rings. The van der Waals surface area contributed by atoms with Crippen LogP contribution in [0.5, 0.6) is 0 Å². The Labute approximate surface area is 137 Å². The maximum absolute atomic E-state index is 12.8. The molecule has 2 rings (SSSR count). The highest BCUT2D eigenvalue weighted by atomic mass is 32.2. The van der Waals surface area contributed by atoms with Crippen molar-refractivity contribution in [2.24, 2.45) is 0 Å². The van der Waals surface area contributed by atoms with Crippen molar-refractivity contribution in [3.8, 4) is 0 Å². The molecule has 2 heterocycles. The second-order valence-electron chi connectivity index (χ2n) is 5.22. The van der Waals surface area contributed by atoms with Gasteiger partial charge in [-0.25, -0.2) is 9.78 Å². The number of thioether (sulfide) groups is 1. The molecule has 7 heteroatoms. The average molecular weight is 340 g/mol. The summed E-state index contributed by atoms with van der Waals surface area (Å²) in [5, 5.41) is 1.11. The Morgan fingerprint density at radius 1 is 1.45 bits per heavy atom. The summed E-state index contributed by atoms with van der Waals surface area (Å²) in [7, 11) is 0. The van der Waals surface area contributed by atoms with Gasteiger partial charge in [0.25, 0.3) is 5.56 Å². The molecule has 5 nitrogen and oxygen atoms in total. The summed E-state index contributed by atoms with van der Waals surface area (Å²) in [4.78, 5) is 31.3. The molecule has 0 amide bonds. The van der Waals surface area contributed by atoms with E-state index in [2.05, 4.69) is 4.98 Å². The van der Waals surface area contributed by atoms with Crippen LogP contribution in [0.4, 0.5) is 0 Å². The molecule has 22 heavy (non-hydrogen) atoms. The highest BCUT2D eigenvalue weighted by Crippen LogP contribution is 2.26. The van der Waals surface area contributed by atoms with Gasteiger partial charge < -0.3 is 4.74 Å². The van der Waals surface area contributed by atoms with Crippen LogP contribution in [-0.4, -0.2) is 27.9 Å². The average Bonchev–Trinajstić information content (AvgIpc) is 2.89. The first-order valence-electron chi connectivity index (χ1n) is 7.18. The third-order valence-electron chi connectivity index (χ3n) is 3.23. The normalized spacial score (nSPS) is 12.8. The molecule has 0 aliphatic carbocycles. The molecule has 1 atom stereocenters. The predicted octanol–water partition coefficient (Wildman–Crippen LogP) is 3.25. The van der Waals surface area contributed by atoms with E-state index in [9.17, 15) is 9.59 Å². The van der Waals surface area contributed by atoms with Crippen LogP contribution in [-0.2, 0) is 16.0 Å². The number of aryl methyl sites for hydroxylation is 1. The number of thiophene rings is 1. The number of aromatic nitrogens is 2. The van der Waals surface area contributed by atoms with E-state index in [-0.39, 0.29) is 11.7 Å². The van der Waals surface area contributed by atoms with E-state index in [1.54, 1.807) is 20.8 Å². The number of esters is 1. The molecule has 0 aromatic carbocycles. The van der Waals surface area contributed by atoms with Gasteiger partial charge in [-0.1, -0.05) is 18.7 Å². The van der Waals surface area contributed by atoms with Crippen LogP contribution in [0, 0.1) is 0 Å². The van der Waals surface area contributed by atoms with Gasteiger partial charge in [0, 0.05) is 4.88 Å². The minimum Gasteiger partial charge on any atom is -0.461 e. The van der Waals surface area contributed by atoms with Crippen LogP contribution in [0.15, 0.2) is 16.0 Å². The molecule has 0 bridgehead atoms. The maximum atomic E-state index is 12.8. The van der Waals surface area contributed by atoms with Crippen molar-refractivity contribution < 1.29 is 9.53 Å². The topological polar surface area (TPSA) is 61.2 Å². The van der Waals surface area contributed by atoms with Crippen molar-refractivity contribution in [3.63, 3.8) is 0 Å². The Hall–Kier alpha value is -1.34. The molecule has 0 aliphatic heterocycles. The summed E-state index contributed by atoms with van der Waals surface area (Å²) >= 11 is 2.88. The van der Waals surface area contributed by atoms with Gasteiger partial charge in [-0.15, -0.1) is 11.3 Å². The van der Waals surface area contributed by atoms with Crippen molar-refractivity contribution in [2.75, 3.05) is 6.26 Å². The monoisotopic (exact) mass is 340 g/mol. The summed E-state index contributed by atoms with van der Waals surface area (Å²) in [6, 6.07) is 1.18. The second kappa shape index (κ2) is 6.83. The first-order chi connectivity index (χ1) is 10.4. The SMILES string of the molecule is CCc1cc2c(=O)n(C(C)C(=O)OC(C)C)c(SC)nc2s1. The highest BCUT2D eigenvalue weighted by Gasteiger charge is 2.24. The van der Waals surface area contributed by atoms with Crippen LogP contribution < -0.4 is 5.56 Å². The smallest absolute Gasteiger partial charge is 0.329 e. The van der Waals surface area contributed by atoms with Gasteiger partial charge in [-0.05, 0) is 39.5 Å². The zero-order valence-corrected chi connectivity index (χ0v) is 15.0. The molecule has 2 aromatic rings. The van der Waals surface area contributed by atoms with E-state index in [0.29, 0.717) is 10.5 Å². The molecular weight excluding hydrogens is 320 g/mol. The number of carbonyl (C=O) groups is 1. The van der Waals surface area contributed by atoms with Crippen molar-refractivity contribution in [2.45, 2.75) is 51.4 Å². The van der Waals surface area contributed by atoms with E-state index in [0.717, 1.165) is 16.1 Å². The predicted molar refractivity (Wildman–Crippen MR) is 91.0 cm³/mol. The van der Waals surface area contributed by atoms with Gasteiger partial charge in [-0.2, -0.15) is 0 Å². The Balaban J connectivity index is 2.58. The summed E-state index contributed by atoms with van der Waals surface area (Å²) in [6.07, 6.45) is 2.49. The standard InChI is InChI=1S/C15H20N2O3S2/c1-6-10-7-11-12(22-10)16-15(21-5)17(13(11)18)9(4)14(19)20-8(2)3/h7-9H,6H2,1-5H3. The third-order valence-corrected chi connectivity index (χ3v) is 5.05. The molecule has 0 spiro atoms. The largest absolute Gasteiger partial charge is 0.461 e. The summed E-state index contributed by atoms with van der Waals surface area (Å²) in [5.74, 6) is -0.417. The fraction of sp³-hybridized carbons (Fsp3) is 0.533. The van der Waals surface area contributed by atoms with Crippen LogP contribution >= 0.6 is 23.1 Å². The number of nitrogens with zero attached hydrogens (tertiary/aromatic N) is 2. The lowest BCUT2D eigenvalue weighted by atomic mass is 10.3. The van der Waals surface area contributed by atoms with Gasteiger partial charge in [0.1, 0.15) is 10.9 Å². The Morgan fingerprint density at radius 3 is 2.68 bits per heavy atom. The molecular formula is C15H20N2O3S2. The molecule has 0 radical (unpaired) electrons. The molecule has 0 saturated carbocycles. The highest BCUT2D eigenvalue weighted by molar-refractivity contribution is 7.98. The van der Waals surface area contributed by atoms with Crippen LogP contribution in [0.2, 0.25) is 0 Å². The number of carbonyl (C=O) groups excluding carboxylic acids is 1. The lowest BCUT2D eigenvalue weighted by Crippen LogP contribution is -2.32. The van der Waals surface area contributed by atoms with Crippen molar-refractivity contribution in [3.05, 3.63) is 21.3 Å².